The second-order valence-corrected chi connectivity index (χ2v) is 6.20. The summed E-state index contributed by atoms with van der Waals surface area (Å²) in [7, 11) is 0. The van der Waals surface area contributed by atoms with Crippen LogP contribution in [0.3, 0.4) is 0 Å². The van der Waals surface area contributed by atoms with Gasteiger partial charge in [-0.1, -0.05) is 48.6 Å². The topological polar surface area (TPSA) is 15.8 Å². The molecule has 0 atom stereocenters. The van der Waals surface area contributed by atoms with E-state index in [1.807, 2.05) is 0 Å². The van der Waals surface area contributed by atoms with Gasteiger partial charge in [0, 0.05) is 21.5 Å². The Bertz CT molecular complexity index is 1130. The third-order valence-electron chi connectivity index (χ3n) is 5.20. The van der Waals surface area contributed by atoms with Crippen LogP contribution in [0, 0.1) is 0 Å². The van der Waals surface area contributed by atoms with Gasteiger partial charge in [0.05, 0.1) is 0 Å². The van der Waals surface area contributed by atoms with Gasteiger partial charge in [0.25, 0.3) is 0 Å². The van der Waals surface area contributed by atoms with Crippen LogP contribution in [-0.2, 0) is 12.8 Å². The van der Waals surface area contributed by atoms with Crippen LogP contribution in [0.2, 0.25) is 0 Å². The molecule has 1 N–H and O–H groups in total. The average molecular weight is 267 g/mol. The summed E-state index contributed by atoms with van der Waals surface area (Å²) in [5.41, 5.74) is 2.92. The van der Waals surface area contributed by atoms with Gasteiger partial charge in [-0.2, -0.15) is 0 Å². The van der Waals surface area contributed by atoms with Crippen molar-refractivity contribution in [1.29, 1.82) is 0 Å². The summed E-state index contributed by atoms with van der Waals surface area (Å²) >= 11 is 0. The zero-order valence-corrected chi connectivity index (χ0v) is 11.5. The highest BCUT2D eigenvalue weighted by molar-refractivity contribution is 6.28. The van der Waals surface area contributed by atoms with E-state index in [4.69, 9.17) is 0 Å². The van der Waals surface area contributed by atoms with E-state index in [1.54, 1.807) is 0 Å². The van der Waals surface area contributed by atoms with Gasteiger partial charge in [-0.15, -0.1) is 0 Å². The van der Waals surface area contributed by atoms with Gasteiger partial charge in [-0.3, -0.25) is 0 Å². The van der Waals surface area contributed by atoms with Crippen molar-refractivity contribution >= 4 is 44.5 Å². The summed E-state index contributed by atoms with van der Waals surface area (Å²) < 4.78 is 0. The lowest BCUT2D eigenvalue weighted by Gasteiger charge is -2.16. The van der Waals surface area contributed by atoms with E-state index in [0.29, 0.717) is 0 Å². The maximum Gasteiger partial charge on any atom is 0.0434 e. The van der Waals surface area contributed by atoms with Crippen LogP contribution in [0.15, 0.2) is 36.4 Å². The lowest BCUT2D eigenvalue weighted by atomic mass is 9.86. The summed E-state index contributed by atoms with van der Waals surface area (Å²) in [5, 5.41) is 11.3. The highest BCUT2D eigenvalue weighted by Crippen LogP contribution is 2.38. The zero-order chi connectivity index (χ0) is 13.6. The van der Waals surface area contributed by atoms with Crippen molar-refractivity contribution in [2.45, 2.75) is 12.8 Å². The number of hydrogen-bond donors (Lipinski definition) is 1. The highest BCUT2D eigenvalue weighted by Gasteiger charge is 2.20. The normalized spacial score (nSPS) is 15.0. The number of aromatic nitrogens is 1. The van der Waals surface area contributed by atoms with E-state index in [9.17, 15) is 0 Å². The number of rotatable bonds is 0. The van der Waals surface area contributed by atoms with Gasteiger partial charge in [0.1, 0.15) is 0 Å². The Morgan fingerprint density at radius 3 is 1.67 bits per heavy atom. The average Bonchev–Trinajstić information content (AvgIpc) is 2.93. The maximum atomic E-state index is 3.65. The Morgan fingerprint density at radius 1 is 0.619 bits per heavy atom. The number of aromatic amines is 1. The van der Waals surface area contributed by atoms with Crippen molar-refractivity contribution in [1.82, 2.24) is 4.98 Å². The van der Waals surface area contributed by atoms with Crippen molar-refractivity contribution in [2.24, 2.45) is 0 Å². The molecule has 21 heavy (non-hydrogen) atoms. The molecule has 3 aromatic carbocycles. The molecule has 98 valence electrons. The van der Waals surface area contributed by atoms with E-state index < -0.39 is 0 Å². The third-order valence-corrected chi connectivity index (χ3v) is 5.20. The Balaban J connectivity index is 2.20. The van der Waals surface area contributed by atoms with Gasteiger partial charge in [-0.05, 0) is 45.5 Å². The fourth-order valence-corrected chi connectivity index (χ4v) is 4.37. The standard InChI is InChI=1S/C20H13N/c1-3-11-7-9-15-19-17(11)13(5-1)14-6-2-4-12-8-10-16(21-15)20(19)18(12)14/h1-6,9-10,21H,7-8H2. The van der Waals surface area contributed by atoms with Crippen molar-refractivity contribution in [3.8, 4) is 0 Å². The molecule has 0 aliphatic heterocycles. The molecule has 0 saturated carbocycles. The number of nitrogens with one attached hydrogen (secondary N) is 1. The third kappa shape index (κ3) is 1.04. The Labute approximate surface area is 121 Å². The van der Waals surface area contributed by atoms with Crippen LogP contribution in [-0.4, -0.2) is 4.98 Å². The van der Waals surface area contributed by atoms with E-state index in [2.05, 4.69) is 53.5 Å². The monoisotopic (exact) mass is 267 g/mol. The molecule has 0 fully saturated rings. The molecule has 0 unspecified atom stereocenters. The molecule has 0 saturated heterocycles. The molecule has 0 spiro atoms. The minimum absolute atomic E-state index is 1.03. The smallest absolute Gasteiger partial charge is 0.0434 e. The number of hydrogen-bond acceptors (Lipinski definition) is 0. The quantitative estimate of drug-likeness (QED) is 0.471. The van der Waals surface area contributed by atoms with Crippen LogP contribution in [0.25, 0.3) is 44.5 Å². The van der Waals surface area contributed by atoms with Crippen LogP contribution in [0.4, 0.5) is 0 Å². The predicted octanol–water partition coefficient (Wildman–Crippen LogP) is 3.15. The first-order chi connectivity index (χ1) is 10.4. The molecule has 2 aliphatic rings. The van der Waals surface area contributed by atoms with Crippen molar-refractivity contribution in [3.05, 3.63) is 58.2 Å². The first kappa shape index (κ1) is 10.2. The van der Waals surface area contributed by atoms with Crippen molar-refractivity contribution < 1.29 is 0 Å². The fourth-order valence-electron chi connectivity index (χ4n) is 4.37. The molecule has 6 rings (SSSR count). The molecule has 0 bridgehead atoms. The highest BCUT2D eigenvalue weighted by atomic mass is 14.7. The van der Waals surface area contributed by atoms with Crippen molar-refractivity contribution in [2.75, 3.05) is 0 Å². The Kier molecular flexibility index (Phi) is 1.56. The van der Waals surface area contributed by atoms with Crippen LogP contribution in [0.1, 0.15) is 11.1 Å². The predicted molar refractivity (Wildman–Crippen MR) is 88.9 cm³/mol. The van der Waals surface area contributed by atoms with E-state index in [-0.39, 0.29) is 0 Å². The minimum atomic E-state index is 1.03. The fraction of sp³-hybridized carbons (Fsp3) is 0.100. The SMILES string of the molecule is C1=c2[nH]c3c4c5c(cccc5c5cccc(c5c24)C1)CC=3. The first-order valence-corrected chi connectivity index (χ1v) is 7.59. The summed E-state index contributed by atoms with van der Waals surface area (Å²) in [6.45, 7) is 0. The molecule has 1 nitrogen and oxygen atoms in total. The molecule has 1 heterocycles. The summed E-state index contributed by atoms with van der Waals surface area (Å²) in [4.78, 5) is 3.65. The Hall–Kier alpha value is -2.54. The number of H-pyrrole nitrogens is 1. The van der Waals surface area contributed by atoms with Crippen molar-refractivity contribution in [3.63, 3.8) is 0 Å². The maximum absolute atomic E-state index is 3.65. The molecule has 4 aromatic rings. The first-order valence-electron chi connectivity index (χ1n) is 7.59. The van der Waals surface area contributed by atoms with Gasteiger partial charge < -0.3 is 4.98 Å². The lowest BCUT2D eigenvalue weighted by Crippen LogP contribution is -2.12. The van der Waals surface area contributed by atoms with E-state index in [1.165, 1.54) is 54.1 Å². The van der Waals surface area contributed by atoms with Crippen LogP contribution in [0.5, 0.6) is 0 Å². The second-order valence-electron chi connectivity index (χ2n) is 6.20. The summed E-state index contributed by atoms with van der Waals surface area (Å²) in [5.74, 6) is 0. The van der Waals surface area contributed by atoms with E-state index >= 15 is 0 Å². The molecule has 1 aromatic heterocycles. The van der Waals surface area contributed by atoms with Crippen LogP contribution < -0.4 is 10.7 Å². The minimum Gasteiger partial charge on any atom is -0.355 e. The molecule has 1 heteroatoms. The van der Waals surface area contributed by atoms with Gasteiger partial charge in [0.15, 0.2) is 0 Å². The lowest BCUT2D eigenvalue weighted by molar-refractivity contribution is 1.23. The van der Waals surface area contributed by atoms with Gasteiger partial charge in [-0.25, -0.2) is 0 Å². The van der Waals surface area contributed by atoms with Gasteiger partial charge in [0.2, 0.25) is 0 Å². The van der Waals surface area contributed by atoms with Gasteiger partial charge >= 0.3 is 0 Å². The molecule has 0 radical (unpaired) electrons. The summed E-state index contributed by atoms with van der Waals surface area (Å²) in [6, 6.07) is 13.5. The zero-order valence-electron chi connectivity index (χ0n) is 11.5. The molecular weight excluding hydrogens is 254 g/mol. The van der Waals surface area contributed by atoms with E-state index in [0.717, 1.165) is 12.8 Å². The Morgan fingerprint density at radius 2 is 1.14 bits per heavy atom. The van der Waals surface area contributed by atoms with Crippen LogP contribution >= 0.6 is 0 Å². The number of fused-ring (bicyclic) bond motifs is 1. The summed E-state index contributed by atoms with van der Waals surface area (Å²) in [6.07, 6.45) is 6.76. The largest absolute Gasteiger partial charge is 0.355 e. The number of benzene rings is 3. The molecular formula is C20H13N. The second kappa shape index (κ2) is 3.20. The molecule has 0 amide bonds. The molecule has 2 aliphatic carbocycles.